The smallest absolute Gasteiger partial charge is 0.245 e. The Labute approximate surface area is 118 Å². The number of aromatic nitrogens is 3. The number of anilines is 1. The molecule has 6 heteroatoms. The van der Waals surface area contributed by atoms with E-state index in [-0.39, 0.29) is 6.04 Å². The van der Waals surface area contributed by atoms with Crippen LogP contribution in [-0.4, -0.2) is 34.3 Å². The molecule has 6 nitrogen and oxygen atoms in total. The number of nitrogens with one attached hydrogen (secondary N) is 1. The van der Waals surface area contributed by atoms with E-state index in [0.29, 0.717) is 5.92 Å². The predicted octanol–water partition coefficient (Wildman–Crippen LogP) is 1.94. The van der Waals surface area contributed by atoms with Crippen LogP contribution in [0.1, 0.15) is 25.5 Å². The van der Waals surface area contributed by atoms with Gasteiger partial charge in [-0.2, -0.15) is 4.98 Å². The Morgan fingerprint density at radius 1 is 1.45 bits per heavy atom. The molecule has 108 valence electrons. The molecule has 1 aliphatic rings. The summed E-state index contributed by atoms with van der Waals surface area (Å²) in [5, 5.41) is 7.32. The van der Waals surface area contributed by atoms with E-state index in [1.807, 2.05) is 13.0 Å². The number of nitrogens with two attached hydrogens (primary N) is 1. The third-order valence-corrected chi connectivity index (χ3v) is 4.15. The highest BCUT2D eigenvalue weighted by atomic mass is 16.3. The molecule has 3 heterocycles. The van der Waals surface area contributed by atoms with E-state index in [1.54, 1.807) is 6.26 Å². The molecule has 2 aromatic rings. The number of nitrogens with zero attached hydrogens (tertiary/aromatic N) is 3. The van der Waals surface area contributed by atoms with Crippen molar-refractivity contribution in [1.29, 1.82) is 0 Å². The van der Waals surface area contributed by atoms with E-state index >= 15 is 0 Å². The number of hydrogen-bond donors (Lipinski definition) is 2. The van der Waals surface area contributed by atoms with Crippen LogP contribution in [0.2, 0.25) is 0 Å². The fraction of sp³-hybridized carbons (Fsp3) is 0.571. The second-order valence-electron chi connectivity index (χ2n) is 5.56. The highest BCUT2D eigenvalue weighted by Gasteiger charge is 2.24. The van der Waals surface area contributed by atoms with Gasteiger partial charge >= 0.3 is 0 Å². The van der Waals surface area contributed by atoms with Gasteiger partial charge in [0.25, 0.3) is 0 Å². The lowest BCUT2D eigenvalue weighted by Crippen LogP contribution is -2.40. The molecule has 0 radical (unpaired) electrons. The molecule has 2 aromatic heterocycles. The molecule has 1 fully saturated rings. The maximum atomic E-state index is 5.97. The number of piperidine rings is 1. The summed E-state index contributed by atoms with van der Waals surface area (Å²) < 4.78 is 5.30. The van der Waals surface area contributed by atoms with Crippen molar-refractivity contribution in [1.82, 2.24) is 15.2 Å². The van der Waals surface area contributed by atoms with Crippen LogP contribution in [0.5, 0.6) is 0 Å². The standard InChI is InChI=1S/C14H21N5O/c1-9(15)11-3-6-19(7-4-11)14-16-13(17-18-14)12-5-8-20-10(12)2/h5,8-9,11H,3-4,6-7,15H2,1-2H3,(H,16,17,18). The first-order chi connectivity index (χ1) is 9.65. The Bertz CT molecular complexity index is 566. The maximum Gasteiger partial charge on any atom is 0.245 e. The summed E-state index contributed by atoms with van der Waals surface area (Å²) in [5.41, 5.74) is 6.94. The molecule has 0 aliphatic carbocycles. The van der Waals surface area contributed by atoms with E-state index in [4.69, 9.17) is 10.2 Å². The topological polar surface area (TPSA) is 84.0 Å². The minimum Gasteiger partial charge on any atom is -0.469 e. The van der Waals surface area contributed by atoms with E-state index < -0.39 is 0 Å². The van der Waals surface area contributed by atoms with Crippen molar-refractivity contribution in [2.45, 2.75) is 32.7 Å². The van der Waals surface area contributed by atoms with Gasteiger partial charge in [0, 0.05) is 19.1 Å². The van der Waals surface area contributed by atoms with Crippen molar-refractivity contribution in [2.24, 2.45) is 11.7 Å². The number of aromatic amines is 1. The van der Waals surface area contributed by atoms with E-state index in [9.17, 15) is 0 Å². The third-order valence-electron chi connectivity index (χ3n) is 4.15. The van der Waals surface area contributed by atoms with Crippen LogP contribution in [0.3, 0.4) is 0 Å². The molecule has 0 amide bonds. The molecule has 0 saturated carbocycles. The van der Waals surface area contributed by atoms with Crippen LogP contribution >= 0.6 is 0 Å². The number of furan rings is 1. The molecule has 1 atom stereocenters. The predicted molar refractivity (Wildman–Crippen MR) is 77.4 cm³/mol. The molecule has 0 spiro atoms. The van der Waals surface area contributed by atoms with Gasteiger partial charge in [-0.25, -0.2) is 0 Å². The van der Waals surface area contributed by atoms with Gasteiger partial charge in [0.05, 0.1) is 11.8 Å². The van der Waals surface area contributed by atoms with Crippen molar-refractivity contribution in [3.63, 3.8) is 0 Å². The summed E-state index contributed by atoms with van der Waals surface area (Å²) in [6.07, 6.45) is 3.87. The van der Waals surface area contributed by atoms with Crippen LogP contribution in [0, 0.1) is 12.8 Å². The van der Waals surface area contributed by atoms with Crippen LogP contribution < -0.4 is 10.6 Å². The fourth-order valence-electron chi connectivity index (χ4n) is 2.77. The monoisotopic (exact) mass is 275 g/mol. The molecule has 20 heavy (non-hydrogen) atoms. The summed E-state index contributed by atoms with van der Waals surface area (Å²) in [7, 11) is 0. The molecule has 3 N–H and O–H groups in total. The number of rotatable bonds is 3. The Kier molecular flexibility index (Phi) is 3.48. The molecule has 0 aromatic carbocycles. The zero-order valence-electron chi connectivity index (χ0n) is 12.0. The lowest BCUT2D eigenvalue weighted by atomic mass is 9.91. The van der Waals surface area contributed by atoms with E-state index in [2.05, 4.69) is 27.0 Å². The highest BCUT2D eigenvalue weighted by Crippen LogP contribution is 2.25. The molecular weight excluding hydrogens is 254 g/mol. The maximum absolute atomic E-state index is 5.97. The second-order valence-corrected chi connectivity index (χ2v) is 5.56. The average molecular weight is 275 g/mol. The summed E-state index contributed by atoms with van der Waals surface area (Å²) in [4.78, 5) is 6.79. The van der Waals surface area contributed by atoms with Crippen molar-refractivity contribution in [3.8, 4) is 11.4 Å². The first kappa shape index (κ1) is 13.2. The Balaban J connectivity index is 1.71. The number of aryl methyl sites for hydroxylation is 1. The average Bonchev–Trinajstić information content (AvgIpc) is 3.07. The van der Waals surface area contributed by atoms with Gasteiger partial charge < -0.3 is 15.1 Å². The van der Waals surface area contributed by atoms with Crippen LogP contribution in [0.25, 0.3) is 11.4 Å². The first-order valence-corrected chi connectivity index (χ1v) is 7.12. The minimum absolute atomic E-state index is 0.272. The zero-order valence-corrected chi connectivity index (χ0v) is 12.0. The SMILES string of the molecule is Cc1occc1-c1nc(N2CCC(C(C)N)CC2)n[nH]1. The van der Waals surface area contributed by atoms with Gasteiger partial charge in [-0.3, -0.25) is 5.10 Å². The van der Waals surface area contributed by atoms with E-state index in [1.165, 1.54) is 0 Å². The fourth-order valence-corrected chi connectivity index (χ4v) is 2.77. The van der Waals surface area contributed by atoms with Crippen LogP contribution in [-0.2, 0) is 0 Å². The van der Waals surface area contributed by atoms with Gasteiger partial charge in [-0.15, -0.1) is 5.10 Å². The Hall–Kier alpha value is -1.82. The zero-order chi connectivity index (χ0) is 14.1. The van der Waals surface area contributed by atoms with Crippen LogP contribution in [0.4, 0.5) is 5.95 Å². The number of H-pyrrole nitrogens is 1. The van der Waals surface area contributed by atoms with E-state index in [0.717, 1.165) is 49.0 Å². The summed E-state index contributed by atoms with van der Waals surface area (Å²) in [6, 6.07) is 2.18. The van der Waals surface area contributed by atoms with Gasteiger partial charge in [-0.05, 0) is 38.7 Å². The molecule has 0 bridgehead atoms. The quantitative estimate of drug-likeness (QED) is 0.894. The first-order valence-electron chi connectivity index (χ1n) is 7.12. The molecule has 1 unspecified atom stereocenters. The molecule has 1 saturated heterocycles. The van der Waals surface area contributed by atoms with Crippen molar-refractivity contribution >= 4 is 5.95 Å². The van der Waals surface area contributed by atoms with Gasteiger partial charge in [0.1, 0.15) is 5.76 Å². The highest BCUT2D eigenvalue weighted by molar-refractivity contribution is 5.58. The van der Waals surface area contributed by atoms with Crippen molar-refractivity contribution < 1.29 is 4.42 Å². The summed E-state index contributed by atoms with van der Waals surface area (Å²) in [5.74, 6) is 2.99. The Morgan fingerprint density at radius 2 is 2.20 bits per heavy atom. The minimum atomic E-state index is 0.272. The van der Waals surface area contributed by atoms with Crippen molar-refractivity contribution in [3.05, 3.63) is 18.1 Å². The third kappa shape index (κ3) is 2.43. The molecular formula is C14H21N5O. The van der Waals surface area contributed by atoms with Crippen molar-refractivity contribution in [2.75, 3.05) is 18.0 Å². The Morgan fingerprint density at radius 3 is 2.80 bits per heavy atom. The second kappa shape index (κ2) is 5.28. The molecule has 1 aliphatic heterocycles. The summed E-state index contributed by atoms with van der Waals surface area (Å²) in [6.45, 7) is 5.94. The largest absolute Gasteiger partial charge is 0.469 e. The van der Waals surface area contributed by atoms with Crippen LogP contribution in [0.15, 0.2) is 16.7 Å². The lowest BCUT2D eigenvalue weighted by Gasteiger charge is -2.32. The summed E-state index contributed by atoms with van der Waals surface area (Å²) >= 11 is 0. The van der Waals surface area contributed by atoms with Gasteiger partial charge in [0.2, 0.25) is 5.95 Å². The normalized spacial score (nSPS) is 18.4. The lowest BCUT2D eigenvalue weighted by molar-refractivity contribution is 0.352. The van der Waals surface area contributed by atoms with Gasteiger partial charge in [0.15, 0.2) is 5.82 Å². The van der Waals surface area contributed by atoms with Gasteiger partial charge in [-0.1, -0.05) is 0 Å². The number of hydrogen-bond acceptors (Lipinski definition) is 5. The molecule has 3 rings (SSSR count).